The predicted octanol–water partition coefficient (Wildman–Crippen LogP) is 1.33. The minimum absolute atomic E-state index is 0.137. The highest BCUT2D eigenvalue weighted by atomic mass is 16.5. The minimum Gasteiger partial charge on any atom is -0.461 e. The molecule has 0 saturated heterocycles. The number of aryl methyl sites for hydroxylation is 1. The van der Waals surface area contributed by atoms with E-state index in [0.717, 1.165) is 5.69 Å². The Hall–Kier alpha value is -2.31. The SMILES string of the molecule is CCOC(=O)c1coc(Nc2cnn(C)c2)n1. The van der Waals surface area contributed by atoms with E-state index >= 15 is 0 Å². The van der Waals surface area contributed by atoms with E-state index in [2.05, 4.69) is 15.4 Å². The highest BCUT2D eigenvalue weighted by Gasteiger charge is 2.13. The largest absolute Gasteiger partial charge is 0.461 e. The van der Waals surface area contributed by atoms with E-state index in [9.17, 15) is 4.79 Å². The zero-order valence-corrected chi connectivity index (χ0v) is 9.51. The van der Waals surface area contributed by atoms with Crippen LogP contribution < -0.4 is 5.32 Å². The van der Waals surface area contributed by atoms with Gasteiger partial charge in [-0.3, -0.25) is 4.68 Å². The van der Waals surface area contributed by atoms with Gasteiger partial charge < -0.3 is 14.5 Å². The van der Waals surface area contributed by atoms with E-state index < -0.39 is 5.97 Å². The van der Waals surface area contributed by atoms with Crippen LogP contribution in [0.15, 0.2) is 23.1 Å². The number of carbonyl (C=O) groups is 1. The molecule has 0 unspecified atom stereocenters. The normalized spacial score (nSPS) is 10.2. The molecule has 0 saturated carbocycles. The van der Waals surface area contributed by atoms with Crippen molar-refractivity contribution in [3.8, 4) is 0 Å². The zero-order chi connectivity index (χ0) is 12.3. The van der Waals surface area contributed by atoms with Crippen molar-refractivity contribution in [2.45, 2.75) is 6.92 Å². The molecule has 0 aromatic carbocycles. The molecule has 0 fully saturated rings. The Labute approximate surface area is 97.4 Å². The lowest BCUT2D eigenvalue weighted by molar-refractivity contribution is 0.0519. The topological polar surface area (TPSA) is 82.2 Å². The average Bonchev–Trinajstić information content (AvgIpc) is 2.89. The van der Waals surface area contributed by atoms with Crippen molar-refractivity contribution in [3.05, 3.63) is 24.4 Å². The quantitative estimate of drug-likeness (QED) is 0.806. The number of nitrogens with one attached hydrogen (secondary N) is 1. The number of anilines is 2. The third kappa shape index (κ3) is 2.63. The lowest BCUT2D eigenvalue weighted by atomic mass is 10.5. The Bertz CT molecular complexity index is 517. The van der Waals surface area contributed by atoms with Crippen LogP contribution >= 0.6 is 0 Å². The molecule has 17 heavy (non-hydrogen) atoms. The van der Waals surface area contributed by atoms with Gasteiger partial charge in [-0.2, -0.15) is 10.1 Å². The van der Waals surface area contributed by atoms with E-state index in [1.54, 1.807) is 31.0 Å². The lowest BCUT2D eigenvalue weighted by Gasteiger charge is -1.96. The van der Waals surface area contributed by atoms with Gasteiger partial charge in [-0.1, -0.05) is 0 Å². The molecule has 2 rings (SSSR count). The summed E-state index contributed by atoms with van der Waals surface area (Å²) >= 11 is 0. The number of esters is 1. The van der Waals surface area contributed by atoms with Gasteiger partial charge in [-0.05, 0) is 6.92 Å². The third-order valence-corrected chi connectivity index (χ3v) is 1.94. The molecule has 2 aromatic heterocycles. The van der Waals surface area contributed by atoms with Crippen LogP contribution in [0.2, 0.25) is 0 Å². The van der Waals surface area contributed by atoms with Crippen LogP contribution in [0, 0.1) is 0 Å². The minimum atomic E-state index is -0.504. The van der Waals surface area contributed by atoms with Gasteiger partial charge in [0.25, 0.3) is 6.01 Å². The van der Waals surface area contributed by atoms with E-state index in [-0.39, 0.29) is 11.7 Å². The van der Waals surface area contributed by atoms with Crippen molar-refractivity contribution >= 4 is 17.7 Å². The number of hydrogen-bond acceptors (Lipinski definition) is 6. The van der Waals surface area contributed by atoms with Crippen LogP contribution in [0.5, 0.6) is 0 Å². The summed E-state index contributed by atoms with van der Waals surface area (Å²) in [5, 5.41) is 6.85. The molecule has 0 aliphatic rings. The molecule has 7 nitrogen and oxygen atoms in total. The van der Waals surface area contributed by atoms with Crippen molar-refractivity contribution in [1.82, 2.24) is 14.8 Å². The highest BCUT2D eigenvalue weighted by Crippen LogP contribution is 2.15. The Kier molecular flexibility index (Phi) is 3.08. The van der Waals surface area contributed by atoms with E-state index in [0.29, 0.717) is 6.61 Å². The van der Waals surface area contributed by atoms with Crippen LogP contribution in [0.4, 0.5) is 11.7 Å². The summed E-state index contributed by atoms with van der Waals surface area (Å²) in [6.07, 6.45) is 4.62. The molecule has 90 valence electrons. The Morgan fingerprint density at radius 1 is 1.65 bits per heavy atom. The highest BCUT2D eigenvalue weighted by molar-refractivity contribution is 5.87. The van der Waals surface area contributed by atoms with Crippen molar-refractivity contribution in [3.63, 3.8) is 0 Å². The molecule has 7 heteroatoms. The molecule has 0 radical (unpaired) electrons. The number of rotatable bonds is 4. The van der Waals surface area contributed by atoms with Gasteiger partial charge >= 0.3 is 5.97 Å². The summed E-state index contributed by atoms with van der Waals surface area (Å²) in [6, 6.07) is 0.223. The zero-order valence-electron chi connectivity index (χ0n) is 9.51. The van der Waals surface area contributed by atoms with Crippen molar-refractivity contribution < 1.29 is 13.9 Å². The first-order valence-corrected chi connectivity index (χ1v) is 5.07. The van der Waals surface area contributed by atoms with E-state index in [1.165, 1.54) is 6.26 Å². The second-order valence-electron chi connectivity index (χ2n) is 3.29. The summed E-state index contributed by atoms with van der Waals surface area (Å²) in [6.45, 7) is 2.03. The molecule has 0 atom stereocenters. The molecule has 1 N–H and O–H groups in total. The smallest absolute Gasteiger partial charge is 0.360 e. The summed E-state index contributed by atoms with van der Waals surface area (Å²) in [4.78, 5) is 15.3. The molecule has 2 aromatic rings. The Morgan fingerprint density at radius 3 is 3.12 bits per heavy atom. The fourth-order valence-corrected chi connectivity index (χ4v) is 1.24. The number of nitrogens with zero attached hydrogens (tertiary/aromatic N) is 3. The van der Waals surface area contributed by atoms with Crippen molar-refractivity contribution in [1.29, 1.82) is 0 Å². The third-order valence-electron chi connectivity index (χ3n) is 1.94. The monoisotopic (exact) mass is 236 g/mol. The lowest BCUT2D eigenvalue weighted by Crippen LogP contribution is -2.04. The van der Waals surface area contributed by atoms with Crippen LogP contribution in [0.25, 0.3) is 0 Å². The van der Waals surface area contributed by atoms with Crippen LogP contribution in [-0.4, -0.2) is 27.3 Å². The standard InChI is InChI=1S/C10H12N4O3/c1-3-16-9(15)8-6-17-10(13-8)12-7-4-11-14(2)5-7/h4-6H,3H2,1-2H3,(H,12,13). The second-order valence-corrected chi connectivity index (χ2v) is 3.29. The van der Waals surface area contributed by atoms with Gasteiger partial charge in [0.2, 0.25) is 0 Å². The molecule has 0 spiro atoms. The predicted molar refractivity (Wildman–Crippen MR) is 59.0 cm³/mol. The van der Waals surface area contributed by atoms with Crippen LogP contribution in [-0.2, 0) is 11.8 Å². The van der Waals surface area contributed by atoms with Crippen LogP contribution in [0.3, 0.4) is 0 Å². The first-order valence-electron chi connectivity index (χ1n) is 5.07. The Morgan fingerprint density at radius 2 is 2.47 bits per heavy atom. The van der Waals surface area contributed by atoms with Crippen molar-refractivity contribution in [2.75, 3.05) is 11.9 Å². The van der Waals surface area contributed by atoms with Crippen LogP contribution in [0.1, 0.15) is 17.4 Å². The van der Waals surface area contributed by atoms with E-state index in [1.807, 2.05) is 0 Å². The molecule has 2 heterocycles. The number of carbonyl (C=O) groups excluding carboxylic acids is 1. The molecule has 0 aliphatic heterocycles. The number of hydrogen-bond donors (Lipinski definition) is 1. The summed E-state index contributed by atoms with van der Waals surface area (Å²) in [7, 11) is 1.80. The number of aromatic nitrogens is 3. The summed E-state index contributed by atoms with van der Waals surface area (Å²) in [5.74, 6) is -0.504. The second kappa shape index (κ2) is 4.69. The van der Waals surface area contributed by atoms with Gasteiger partial charge in [0, 0.05) is 13.2 Å². The van der Waals surface area contributed by atoms with Gasteiger partial charge in [0.1, 0.15) is 6.26 Å². The summed E-state index contributed by atoms with van der Waals surface area (Å²) < 4.78 is 11.5. The fourth-order valence-electron chi connectivity index (χ4n) is 1.24. The maximum absolute atomic E-state index is 11.3. The van der Waals surface area contributed by atoms with E-state index in [4.69, 9.17) is 9.15 Å². The number of ether oxygens (including phenoxy) is 1. The maximum Gasteiger partial charge on any atom is 0.360 e. The van der Waals surface area contributed by atoms with Gasteiger partial charge in [0.05, 0.1) is 18.5 Å². The van der Waals surface area contributed by atoms with Gasteiger partial charge in [0.15, 0.2) is 5.69 Å². The van der Waals surface area contributed by atoms with Crippen molar-refractivity contribution in [2.24, 2.45) is 7.05 Å². The van der Waals surface area contributed by atoms with Gasteiger partial charge in [-0.25, -0.2) is 4.79 Å². The average molecular weight is 236 g/mol. The first kappa shape index (κ1) is 11.2. The molecular weight excluding hydrogens is 224 g/mol. The first-order chi connectivity index (χ1) is 8.19. The van der Waals surface area contributed by atoms with Gasteiger partial charge in [-0.15, -0.1) is 0 Å². The molecule has 0 aliphatic carbocycles. The summed E-state index contributed by atoms with van der Waals surface area (Å²) in [5.41, 5.74) is 0.864. The fraction of sp³-hybridized carbons (Fsp3) is 0.300. The Balaban J connectivity index is 2.06. The molecule has 0 amide bonds. The maximum atomic E-state index is 11.3. The number of oxazole rings is 1. The molecular formula is C10H12N4O3. The molecule has 0 bridgehead atoms.